The number of ether oxygens (including phenoxy) is 1. The van der Waals surface area contributed by atoms with Gasteiger partial charge in [-0.3, -0.25) is 4.57 Å². The average molecular weight is 399 g/mol. The maximum absolute atomic E-state index is 14.8. The first-order valence-electron chi connectivity index (χ1n) is 10.00. The van der Waals surface area contributed by atoms with Crippen LogP contribution in [0.5, 0.6) is 5.75 Å². The molecule has 8 heteroatoms. The zero-order valence-corrected chi connectivity index (χ0v) is 16.7. The third kappa shape index (κ3) is 3.20. The molecule has 3 aromatic rings. The molecule has 2 fully saturated rings. The van der Waals surface area contributed by atoms with Gasteiger partial charge < -0.3 is 10.1 Å². The lowest BCUT2D eigenvalue weighted by molar-refractivity contribution is 0.406. The van der Waals surface area contributed by atoms with Gasteiger partial charge in [0, 0.05) is 18.2 Å². The smallest absolute Gasteiger partial charge is 0.170 e. The largest absolute Gasteiger partial charge is 0.497 e. The molecule has 2 saturated carbocycles. The summed E-state index contributed by atoms with van der Waals surface area (Å²) in [6, 6.07) is 2.70. The van der Waals surface area contributed by atoms with Crippen molar-refractivity contribution in [2.75, 3.05) is 12.4 Å². The number of halogens is 2. The van der Waals surface area contributed by atoms with Crippen molar-refractivity contribution in [3.05, 3.63) is 35.4 Å². The summed E-state index contributed by atoms with van der Waals surface area (Å²) in [7, 11) is 1.37. The van der Waals surface area contributed by atoms with Gasteiger partial charge in [0.25, 0.3) is 0 Å². The highest BCUT2D eigenvalue weighted by molar-refractivity contribution is 5.85. The van der Waals surface area contributed by atoms with Crippen LogP contribution in [0.2, 0.25) is 0 Å². The summed E-state index contributed by atoms with van der Waals surface area (Å²) in [5, 5.41) is 3.59. The minimum atomic E-state index is -0.733. The molecule has 0 unspecified atom stereocenters. The molecular formula is C21H23F2N5O. The van der Waals surface area contributed by atoms with Crippen LogP contribution in [-0.4, -0.2) is 32.7 Å². The van der Waals surface area contributed by atoms with E-state index in [1.165, 1.54) is 37.4 Å². The van der Waals surface area contributed by atoms with Crippen molar-refractivity contribution in [3.63, 3.8) is 0 Å². The Kier molecular flexibility index (Phi) is 4.18. The minimum Gasteiger partial charge on any atom is -0.497 e. The molecule has 0 amide bonds. The van der Waals surface area contributed by atoms with Crippen LogP contribution in [0.1, 0.15) is 37.3 Å². The molecular weight excluding hydrogens is 376 g/mol. The van der Waals surface area contributed by atoms with E-state index in [1.54, 1.807) is 13.8 Å². The van der Waals surface area contributed by atoms with Crippen LogP contribution >= 0.6 is 0 Å². The zero-order chi connectivity index (χ0) is 20.3. The van der Waals surface area contributed by atoms with Crippen LogP contribution in [0.15, 0.2) is 12.1 Å². The first kappa shape index (κ1) is 18.3. The van der Waals surface area contributed by atoms with Gasteiger partial charge in [-0.15, -0.1) is 0 Å². The van der Waals surface area contributed by atoms with Gasteiger partial charge in [0.2, 0.25) is 0 Å². The Morgan fingerprint density at radius 3 is 2.21 bits per heavy atom. The lowest BCUT2D eigenvalue weighted by Gasteiger charge is -2.18. The number of aromatic nitrogens is 4. The fraction of sp³-hybridized carbons (Fsp3) is 0.476. The molecule has 0 saturated heterocycles. The van der Waals surface area contributed by atoms with Gasteiger partial charge in [0.1, 0.15) is 23.1 Å². The number of rotatable bonds is 6. The standard InChI is InChI=1S/C21H23F2N5O/c1-10-24-20(27-17(12-4-5-12)13-6-7-13)18-21(25-10)28(11(2)26-18)19-15(22)8-14(29-3)9-16(19)23/h8-9,12-13,17H,4-7H2,1-3H3,(H,24,25,27). The summed E-state index contributed by atoms with van der Waals surface area (Å²) in [5.74, 6) is 1.62. The van der Waals surface area contributed by atoms with Crippen molar-refractivity contribution in [1.82, 2.24) is 19.5 Å². The summed E-state index contributed by atoms with van der Waals surface area (Å²) in [4.78, 5) is 13.6. The van der Waals surface area contributed by atoms with E-state index in [1.807, 2.05) is 0 Å². The summed E-state index contributed by atoms with van der Waals surface area (Å²) < 4.78 is 35.9. The van der Waals surface area contributed by atoms with Crippen molar-refractivity contribution in [3.8, 4) is 11.4 Å². The minimum absolute atomic E-state index is 0.121. The summed E-state index contributed by atoms with van der Waals surface area (Å²) >= 11 is 0. The van der Waals surface area contributed by atoms with Gasteiger partial charge in [0.15, 0.2) is 28.6 Å². The highest BCUT2D eigenvalue weighted by atomic mass is 19.1. The number of aryl methyl sites for hydroxylation is 2. The Morgan fingerprint density at radius 2 is 1.66 bits per heavy atom. The van der Waals surface area contributed by atoms with Crippen molar-refractivity contribution >= 4 is 17.0 Å². The van der Waals surface area contributed by atoms with Gasteiger partial charge in [-0.1, -0.05) is 0 Å². The van der Waals surface area contributed by atoms with E-state index in [-0.39, 0.29) is 11.4 Å². The Bertz CT molecular complexity index is 1070. The first-order valence-corrected chi connectivity index (χ1v) is 10.00. The van der Waals surface area contributed by atoms with Crippen molar-refractivity contribution in [2.24, 2.45) is 11.8 Å². The van der Waals surface area contributed by atoms with Crippen molar-refractivity contribution in [2.45, 2.75) is 45.6 Å². The van der Waals surface area contributed by atoms with Gasteiger partial charge in [-0.05, 0) is 51.4 Å². The molecule has 2 heterocycles. The molecule has 6 nitrogen and oxygen atoms in total. The maximum Gasteiger partial charge on any atom is 0.170 e. The molecule has 1 N–H and O–H groups in total. The number of methoxy groups -OCH3 is 1. The van der Waals surface area contributed by atoms with Crippen LogP contribution < -0.4 is 10.1 Å². The van der Waals surface area contributed by atoms with Crippen LogP contribution in [0.25, 0.3) is 16.9 Å². The van der Waals surface area contributed by atoms with E-state index >= 15 is 0 Å². The van der Waals surface area contributed by atoms with E-state index < -0.39 is 11.6 Å². The number of hydrogen-bond donors (Lipinski definition) is 1. The molecule has 152 valence electrons. The number of imidazole rings is 1. The Labute approximate surface area is 167 Å². The van der Waals surface area contributed by atoms with Crippen molar-refractivity contribution in [1.29, 1.82) is 0 Å². The number of anilines is 1. The molecule has 1 aromatic carbocycles. The highest BCUT2D eigenvalue weighted by Crippen LogP contribution is 2.46. The molecule has 2 aromatic heterocycles. The number of hydrogen-bond acceptors (Lipinski definition) is 5. The van der Waals surface area contributed by atoms with Gasteiger partial charge in [0.05, 0.1) is 7.11 Å². The quantitative estimate of drug-likeness (QED) is 0.669. The maximum atomic E-state index is 14.8. The highest BCUT2D eigenvalue weighted by Gasteiger charge is 2.42. The van der Waals surface area contributed by atoms with Crippen LogP contribution in [-0.2, 0) is 0 Å². The monoisotopic (exact) mass is 399 g/mol. The average Bonchev–Trinajstić information content (AvgIpc) is 3.58. The van der Waals surface area contributed by atoms with Crippen LogP contribution in [0.3, 0.4) is 0 Å². The molecule has 0 atom stereocenters. The first-order chi connectivity index (χ1) is 14.0. The van der Waals surface area contributed by atoms with E-state index in [0.29, 0.717) is 46.5 Å². The molecule has 0 bridgehead atoms. The summed E-state index contributed by atoms with van der Waals surface area (Å²) in [6.45, 7) is 3.49. The normalized spacial score (nSPS) is 16.6. The van der Waals surface area contributed by atoms with Crippen molar-refractivity contribution < 1.29 is 13.5 Å². The molecule has 0 spiro atoms. The Morgan fingerprint density at radius 1 is 1.03 bits per heavy atom. The van der Waals surface area contributed by atoms with E-state index in [4.69, 9.17) is 4.74 Å². The second-order valence-corrected chi connectivity index (χ2v) is 8.07. The fourth-order valence-corrected chi connectivity index (χ4v) is 4.11. The zero-order valence-electron chi connectivity index (χ0n) is 16.7. The van der Waals surface area contributed by atoms with E-state index in [0.717, 1.165) is 12.1 Å². The Hall–Kier alpha value is -2.77. The topological polar surface area (TPSA) is 64.9 Å². The number of benzene rings is 1. The van der Waals surface area contributed by atoms with E-state index in [2.05, 4.69) is 20.3 Å². The SMILES string of the molecule is COc1cc(F)c(-n2c(C)nc3c(NC(C4CC4)C4CC4)nc(C)nc32)c(F)c1. The van der Waals surface area contributed by atoms with Crippen LogP contribution in [0, 0.1) is 37.3 Å². The number of nitrogens with zero attached hydrogens (tertiary/aromatic N) is 4. The number of fused-ring (bicyclic) bond motifs is 1. The lowest BCUT2D eigenvalue weighted by atomic mass is 10.1. The van der Waals surface area contributed by atoms with Crippen LogP contribution in [0.4, 0.5) is 14.6 Å². The molecule has 2 aliphatic carbocycles. The number of nitrogens with one attached hydrogen (secondary N) is 1. The second kappa shape index (κ2) is 6.64. The summed E-state index contributed by atoms with van der Waals surface area (Å²) in [5.41, 5.74) is 0.718. The third-order valence-electron chi connectivity index (χ3n) is 5.80. The molecule has 5 rings (SSSR count). The third-order valence-corrected chi connectivity index (χ3v) is 5.80. The van der Waals surface area contributed by atoms with Gasteiger partial charge in [-0.2, -0.15) is 0 Å². The van der Waals surface area contributed by atoms with E-state index in [9.17, 15) is 8.78 Å². The predicted molar refractivity (Wildman–Crippen MR) is 105 cm³/mol. The second-order valence-electron chi connectivity index (χ2n) is 8.07. The Balaban J connectivity index is 1.65. The molecule has 29 heavy (non-hydrogen) atoms. The summed E-state index contributed by atoms with van der Waals surface area (Å²) in [6.07, 6.45) is 4.93. The predicted octanol–water partition coefficient (Wildman–Crippen LogP) is 4.32. The lowest BCUT2D eigenvalue weighted by Crippen LogP contribution is -2.25. The fourth-order valence-electron chi connectivity index (χ4n) is 4.11. The van der Waals surface area contributed by atoms with Gasteiger partial charge >= 0.3 is 0 Å². The molecule has 2 aliphatic rings. The molecule has 0 aliphatic heterocycles. The molecule has 0 radical (unpaired) electrons. The van der Waals surface area contributed by atoms with Gasteiger partial charge in [-0.25, -0.2) is 23.7 Å².